The summed E-state index contributed by atoms with van der Waals surface area (Å²) in [5.74, 6) is 0. The van der Waals surface area contributed by atoms with Crippen LogP contribution in [0.25, 0.3) is 0 Å². The summed E-state index contributed by atoms with van der Waals surface area (Å²) >= 11 is 0. The number of rotatable bonds is 6. The Morgan fingerprint density at radius 1 is 1.22 bits per heavy atom. The first kappa shape index (κ1) is 13.5. The number of hydrogen-bond acceptors (Lipinski definition) is 4. The molecule has 1 aromatic rings. The highest BCUT2D eigenvalue weighted by Crippen LogP contribution is 2.04. The van der Waals surface area contributed by atoms with Crippen LogP contribution in [0.2, 0.25) is 0 Å². The second kappa shape index (κ2) is 7.48. The van der Waals surface area contributed by atoms with Gasteiger partial charge in [-0.15, -0.1) is 0 Å². The second-order valence-electron chi connectivity index (χ2n) is 4.55. The predicted octanol–water partition coefficient (Wildman–Crippen LogP) is 1.55. The largest absolute Gasteiger partial charge is 0.370 e. The van der Waals surface area contributed by atoms with Crippen molar-refractivity contribution in [2.45, 2.75) is 25.7 Å². The van der Waals surface area contributed by atoms with Crippen molar-refractivity contribution in [3.63, 3.8) is 0 Å². The molecule has 0 aromatic heterocycles. The maximum Gasteiger partial charge on any atom is 0.147 e. The standard InChI is InChI=1S/C14H21NO3/c1-12-7-15-8-14(18-12)10-17-11-16-9-13-5-3-2-4-6-13/h2-6,12,14-15H,7-11H2,1H3. The molecule has 1 aliphatic heterocycles. The van der Waals surface area contributed by atoms with Gasteiger partial charge < -0.3 is 19.5 Å². The van der Waals surface area contributed by atoms with Crippen LogP contribution in [-0.2, 0) is 20.8 Å². The zero-order chi connectivity index (χ0) is 12.6. The molecule has 0 bridgehead atoms. The van der Waals surface area contributed by atoms with Gasteiger partial charge in [-0.3, -0.25) is 0 Å². The van der Waals surface area contributed by atoms with E-state index >= 15 is 0 Å². The van der Waals surface area contributed by atoms with Crippen molar-refractivity contribution in [2.24, 2.45) is 0 Å². The summed E-state index contributed by atoms with van der Waals surface area (Å²) in [5, 5.41) is 3.31. The van der Waals surface area contributed by atoms with Crippen LogP contribution in [0, 0.1) is 0 Å². The third-order valence-electron chi connectivity index (χ3n) is 2.81. The fourth-order valence-corrected chi connectivity index (χ4v) is 1.94. The fourth-order valence-electron chi connectivity index (χ4n) is 1.94. The molecule has 100 valence electrons. The lowest BCUT2D eigenvalue weighted by Gasteiger charge is -2.28. The van der Waals surface area contributed by atoms with Gasteiger partial charge >= 0.3 is 0 Å². The van der Waals surface area contributed by atoms with E-state index < -0.39 is 0 Å². The van der Waals surface area contributed by atoms with E-state index in [1.807, 2.05) is 30.3 Å². The fraction of sp³-hybridized carbons (Fsp3) is 0.571. The zero-order valence-corrected chi connectivity index (χ0v) is 10.8. The van der Waals surface area contributed by atoms with Crippen molar-refractivity contribution in [1.29, 1.82) is 0 Å². The Kier molecular flexibility index (Phi) is 5.61. The van der Waals surface area contributed by atoms with E-state index in [0.29, 0.717) is 20.0 Å². The number of morpholine rings is 1. The third kappa shape index (κ3) is 4.74. The lowest BCUT2D eigenvalue weighted by atomic mass is 10.2. The van der Waals surface area contributed by atoms with Crippen LogP contribution >= 0.6 is 0 Å². The Bertz CT molecular complexity index is 331. The first-order valence-electron chi connectivity index (χ1n) is 6.40. The van der Waals surface area contributed by atoms with E-state index in [2.05, 4.69) is 12.2 Å². The number of nitrogens with one attached hydrogen (secondary N) is 1. The van der Waals surface area contributed by atoms with Crippen molar-refractivity contribution < 1.29 is 14.2 Å². The van der Waals surface area contributed by atoms with Crippen LogP contribution in [0.1, 0.15) is 12.5 Å². The van der Waals surface area contributed by atoms with E-state index in [1.54, 1.807) is 0 Å². The topological polar surface area (TPSA) is 39.7 Å². The molecule has 4 heteroatoms. The van der Waals surface area contributed by atoms with Crippen LogP contribution < -0.4 is 5.32 Å². The summed E-state index contributed by atoms with van der Waals surface area (Å²) in [5.41, 5.74) is 1.16. The van der Waals surface area contributed by atoms with Gasteiger partial charge in [-0.1, -0.05) is 30.3 Å². The van der Waals surface area contributed by atoms with Crippen LogP contribution in [0.3, 0.4) is 0 Å². The Balaban J connectivity index is 1.53. The summed E-state index contributed by atoms with van der Waals surface area (Å²) in [6.45, 7) is 5.30. The summed E-state index contributed by atoms with van der Waals surface area (Å²) in [7, 11) is 0. The summed E-state index contributed by atoms with van der Waals surface area (Å²) < 4.78 is 16.6. The predicted molar refractivity (Wildman–Crippen MR) is 69.3 cm³/mol. The minimum atomic E-state index is 0.133. The molecule has 1 fully saturated rings. The molecule has 1 aliphatic rings. The molecule has 0 amide bonds. The average molecular weight is 251 g/mol. The Morgan fingerprint density at radius 2 is 2.06 bits per heavy atom. The molecule has 1 aromatic carbocycles. The van der Waals surface area contributed by atoms with E-state index in [4.69, 9.17) is 14.2 Å². The highest BCUT2D eigenvalue weighted by Gasteiger charge is 2.18. The summed E-state index contributed by atoms with van der Waals surface area (Å²) in [6.07, 6.45) is 0.395. The molecular weight excluding hydrogens is 230 g/mol. The molecule has 0 saturated carbocycles. The van der Waals surface area contributed by atoms with Gasteiger partial charge in [0.15, 0.2) is 0 Å². The molecule has 0 spiro atoms. The SMILES string of the molecule is CC1CNCC(COCOCc2ccccc2)O1. The quantitative estimate of drug-likeness (QED) is 0.615. The maximum absolute atomic E-state index is 5.71. The molecule has 1 N–H and O–H groups in total. The van der Waals surface area contributed by atoms with Crippen LogP contribution in [0.15, 0.2) is 30.3 Å². The van der Waals surface area contributed by atoms with Gasteiger partial charge in [-0.25, -0.2) is 0 Å². The summed E-state index contributed by atoms with van der Waals surface area (Å²) in [4.78, 5) is 0. The first-order chi connectivity index (χ1) is 8.84. The van der Waals surface area contributed by atoms with Crippen LogP contribution in [0.5, 0.6) is 0 Å². The van der Waals surface area contributed by atoms with Gasteiger partial charge in [-0.05, 0) is 12.5 Å². The van der Waals surface area contributed by atoms with Crippen LogP contribution in [-0.4, -0.2) is 38.7 Å². The molecule has 2 unspecified atom stereocenters. The van der Waals surface area contributed by atoms with E-state index in [1.165, 1.54) is 0 Å². The number of benzene rings is 1. The third-order valence-corrected chi connectivity index (χ3v) is 2.81. The smallest absolute Gasteiger partial charge is 0.147 e. The summed E-state index contributed by atoms with van der Waals surface area (Å²) in [6, 6.07) is 10.1. The first-order valence-corrected chi connectivity index (χ1v) is 6.40. The zero-order valence-electron chi connectivity index (χ0n) is 10.8. The molecule has 1 saturated heterocycles. The lowest BCUT2D eigenvalue weighted by molar-refractivity contribution is -0.117. The average Bonchev–Trinajstić information content (AvgIpc) is 2.40. The molecule has 0 aliphatic carbocycles. The minimum absolute atomic E-state index is 0.133. The van der Waals surface area contributed by atoms with Gasteiger partial charge in [0.2, 0.25) is 0 Å². The van der Waals surface area contributed by atoms with Crippen molar-refractivity contribution in [1.82, 2.24) is 5.32 Å². The normalized spacial score (nSPS) is 24.1. The van der Waals surface area contributed by atoms with Crippen molar-refractivity contribution in [3.8, 4) is 0 Å². The maximum atomic E-state index is 5.71. The van der Waals surface area contributed by atoms with Gasteiger partial charge in [0.05, 0.1) is 25.4 Å². The van der Waals surface area contributed by atoms with Crippen molar-refractivity contribution >= 4 is 0 Å². The van der Waals surface area contributed by atoms with Gasteiger partial charge in [0.1, 0.15) is 6.79 Å². The lowest BCUT2D eigenvalue weighted by Crippen LogP contribution is -2.45. The molecule has 2 rings (SSSR count). The Morgan fingerprint density at radius 3 is 2.83 bits per heavy atom. The number of ether oxygens (including phenoxy) is 3. The Labute approximate surface area is 108 Å². The van der Waals surface area contributed by atoms with E-state index in [0.717, 1.165) is 18.7 Å². The van der Waals surface area contributed by atoms with Crippen molar-refractivity contribution in [3.05, 3.63) is 35.9 Å². The van der Waals surface area contributed by atoms with Crippen LogP contribution in [0.4, 0.5) is 0 Å². The second-order valence-corrected chi connectivity index (χ2v) is 4.55. The monoisotopic (exact) mass is 251 g/mol. The molecular formula is C14H21NO3. The highest BCUT2D eigenvalue weighted by atomic mass is 16.7. The molecule has 1 heterocycles. The molecule has 2 atom stereocenters. The molecule has 18 heavy (non-hydrogen) atoms. The Hall–Kier alpha value is -0.940. The van der Waals surface area contributed by atoms with E-state index in [-0.39, 0.29) is 12.2 Å². The van der Waals surface area contributed by atoms with E-state index in [9.17, 15) is 0 Å². The van der Waals surface area contributed by atoms with Gasteiger partial charge in [0, 0.05) is 13.1 Å². The highest BCUT2D eigenvalue weighted by molar-refractivity contribution is 5.13. The molecule has 0 radical (unpaired) electrons. The van der Waals surface area contributed by atoms with Crippen molar-refractivity contribution in [2.75, 3.05) is 26.5 Å². The van der Waals surface area contributed by atoms with Gasteiger partial charge in [0.25, 0.3) is 0 Å². The minimum Gasteiger partial charge on any atom is -0.370 e. The molecule has 4 nitrogen and oxygen atoms in total. The van der Waals surface area contributed by atoms with Gasteiger partial charge in [-0.2, -0.15) is 0 Å². The number of hydrogen-bond donors (Lipinski definition) is 1.